The molecule has 0 saturated heterocycles. The van der Waals surface area contributed by atoms with Crippen LogP contribution in [0.15, 0.2) is 18.5 Å². The van der Waals surface area contributed by atoms with Gasteiger partial charge in [-0.1, -0.05) is 0 Å². The van der Waals surface area contributed by atoms with E-state index in [4.69, 9.17) is 0 Å². The van der Waals surface area contributed by atoms with E-state index in [-0.39, 0.29) is 11.9 Å². The van der Waals surface area contributed by atoms with E-state index in [1.54, 1.807) is 17.5 Å². The molecule has 1 unspecified atom stereocenters. The fraction of sp³-hybridized carbons (Fsp3) is 0.333. The summed E-state index contributed by atoms with van der Waals surface area (Å²) in [5.74, 6) is -0.102. The van der Waals surface area contributed by atoms with Gasteiger partial charge in [-0.2, -0.15) is 5.10 Å². The van der Waals surface area contributed by atoms with Crippen molar-refractivity contribution >= 4 is 17.2 Å². The van der Waals surface area contributed by atoms with Crippen molar-refractivity contribution < 1.29 is 4.79 Å². The number of aryl methyl sites for hydroxylation is 2. The molecule has 0 fully saturated rings. The average Bonchev–Trinajstić information content (AvgIpc) is 2.87. The van der Waals surface area contributed by atoms with Crippen LogP contribution in [0, 0.1) is 13.8 Å². The van der Waals surface area contributed by atoms with E-state index in [9.17, 15) is 4.79 Å². The molecular formula is C12H15N3OS. The molecule has 2 rings (SSSR count). The number of H-pyrrole nitrogens is 1. The molecule has 0 aliphatic heterocycles. The molecule has 2 aromatic rings. The third kappa shape index (κ3) is 2.55. The number of aromatic nitrogens is 2. The number of nitrogens with zero attached hydrogens (tertiary/aromatic N) is 1. The molecule has 0 saturated carbocycles. The molecule has 0 aliphatic rings. The van der Waals surface area contributed by atoms with Crippen LogP contribution >= 0.6 is 11.3 Å². The summed E-state index contributed by atoms with van der Waals surface area (Å²) in [6.07, 6.45) is 3.11. The number of carbonyl (C=O) groups excluding carboxylic acids is 1. The quantitative estimate of drug-likeness (QED) is 0.878. The van der Waals surface area contributed by atoms with Crippen LogP contribution in [0.5, 0.6) is 0 Å². The number of rotatable bonds is 3. The Labute approximate surface area is 104 Å². The molecule has 17 heavy (non-hydrogen) atoms. The first-order chi connectivity index (χ1) is 8.08. The van der Waals surface area contributed by atoms with Crippen LogP contribution in [-0.2, 0) is 0 Å². The Morgan fingerprint density at radius 3 is 2.82 bits per heavy atom. The van der Waals surface area contributed by atoms with Crippen molar-refractivity contribution in [3.63, 3.8) is 0 Å². The van der Waals surface area contributed by atoms with Gasteiger partial charge in [-0.3, -0.25) is 9.89 Å². The summed E-state index contributed by atoms with van der Waals surface area (Å²) >= 11 is 1.75. The van der Waals surface area contributed by atoms with Gasteiger partial charge in [0.15, 0.2) is 0 Å². The highest BCUT2D eigenvalue weighted by atomic mass is 32.1. The Morgan fingerprint density at radius 1 is 1.53 bits per heavy atom. The summed E-state index contributed by atoms with van der Waals surface area (Å²) in [6, 6.07) is 2.14. The van der Waals surface area contributed by atoms with E-state index in [0.29, 0.717) is 5.56 Å². The predicted octanol–water partition coefficient (Wildman–Crippen LogP) is 2.58. The first-order valence-corrected chi connectivity index (χ1v) is 6.26. The Hall–Kier alpha value is -1.62. The standard InChI is InChI=1S/C12H15N3OS/c1-7-4-11(9(3)17-7)8(2)15-12(16)10-5-13-14-6-10/h4-6,8H,1-3H3,(H,13,14)(H,15,16). The lowest BCUT2D eigenvalue weighted by atomic mass is 10.1. The first kappa shape index (κ1) is 11.9. The van der Waals surface area contributed by atoms with Crippen LogP contribution in [-0.4, -0.2) is 16.1 Å². The van der Waals surface area contributed by atoms with Crippen molar-refractivity contribution in [2.75, 3.05) is 0 Å². The van der Waals surface area contributed by atoms with Gasteiger partial charge in [-0.05, 0) is 32.4 Å². The minimum absolute atomic E-state index is 0.0161. The van der Waals surface area contributed by atoms with Crippen molar-refractivity contribution in [2.24, 2.45) is 0 Å². The monoisotopic (exact) mass is 249 g/mol. The van der Waals surface area contributed by atoms with Gasteiger partial charge in [0.05, 0.1) is 17.8 Å². The Balaban J connectivity index is 2.09. The summed E-state index contributed by atoms with van der Waals surface area (Å²) in [6.45, 7) is 6.14. The van der Waals surface area contributed by atoms with E-state index in [0.717, 1.165) is 0 Å². The van der Waals surface area contributed by atoms with E-state index < -0.39 is 0 Å². The van der Waals surface area contributed by atoms with Gasteiger partial charge in [0, 0.05) is 16.0 Å². The van der Waals surface area contributed by atoms with Crippen LogP contribution in [0.1, 0.15) is 38.6 Å². The zero-order chi connectivity index (χ0) is 12.4. The third-order valence-corrected chi connectivity index (χ3v) is 3.64. The topological polar surface area (TPSA) is 57.8 Å². The fourth-order valence-corrected chi connectivity index (χ4v) is 2.84. The van der Waals surface area contributed by atoms with Gasteiger partial charge < -0.3 is 5.32 Å². The molecular weight excluding hydrogens is 234 g/mol. The summed E-state index contributed by atoms with van der Waals surface area (Å²) in [7, 11) is 0. The molecule has 0 radical (unpaired) electrons. The van der Waals surface area contributed by atoms with Crippen molar-refractivity contribution in [1.82, 2.24) is 15.5 Å². The Kier molecular flexibility index (Phi) is 3.28. The van der Waals surface area contributed by atoms with E-state index in [1.165, 1.54) is 21.5 Å². The molecule has 0 spiro atoms. The molecule has 0 aliphatic carbocycles. The molecule has 2 heterocycles. The summed E-state index contributed by atoms with van der Waals surface area (Å²) in [5, 5.41) is 9.35. The number of thiophene rings is 1. The molecule has 0 aromatic carbocycles. The van der Waals surface area contributed by atoms with Gasteiger partial charge in [-0.15, -0.1) is 11.3 Å². The normalized spacial score (nSPS) is 12.4. The highest BCUT2D eigenvalue weighted by molar-refractivity contribution is 7.12. The highest BCUT2D eigenvalue weighted by Gasteiger charge is 2.15. The second-order valence-corrected chi connectivity index (χ2v) is 5.51. The maximum atomic E-state index is 11.8. The van der Waals surface area contributed by atoms with Crippen molar-refractivity contribution in [2.45, 2.75) is 26.8 Å². The first-order valence-electron chi connectivity index (χ1n) is 5.44. The van der Waals surface area contributed by atoms with Crippen molar-refractivity contribution in [3.8, 4) is 0 Å². The van der Waals surface area contributed by atoms with Gasteiger partial charge in [0.2, 0.25) is 0 Å². The number of amides is 1. The summed E-state index contributed by atoms with van der Waals surface area (Å²) in [5.41, 5.74) is 1.74. The number of carbonyl (C=O) groups is 1. The highest BCUT2D eigenvalue weighted by Crippen LogP contribution is 2.26. The van der Waals surface area contributed by atoms with Crippen molar-refractivity contribution in [1.29, 1.82) is 0 Å². The maximum Gasteiger partial charge on any atom is 0.254 e. The largest absolute Gasteiger partial charge is 0.345 e. The summed E-state index contributed by atoms with van der Waals surface area (Å²) in [4.78, 5) is 14.4. The smallest absolute Gasteiger partial charge is 0.254 e. The molecule has 1 atom stereocenters. The zero-order valence-corrected chi connectivity index (χ0v) is 10.9. The minimum Gasteiger partial charge on any atom is -0.345 e. The number of nitrogens with one attached hydrogen (secondary N) is 2. The molecule has 2 aromatic heterocycles. The average molecular weight is 249 g/mol. The van der Waals surface area contributed by atoms with Crippen LogP contribution in [0.3, 0.4) is 0 Å². The fourth-order valence-electron chi connectivity index (χ4n) is 1.81. The van der Waals surface area contributed by atoms with E-state index >= 15 is 0 Å². The molecule has 1 amide bonds. The summed E-state index contributed by atoms with van der Waals surface area (Å²) < 4.78 is 0. The lowest BCUT2D eigenvalue weighted by Gasteiger charge is -2.13. The Bertz CT molecular complexity index is 516. The molecule has 2 N–H and O–H groups in total. The van der Waals surface area contributed by atoms with Crippen LogP contribution in [0.2, 0.25) is 0 Å². The van der Waals surface area contributed by atoms with Crippen LogP contribution in [0.25, 0.3) is 0 Å². The SMILES string of the molecule is Cc1cc(C(C)NC(=O)c2cn[nH]c2)c(C)s1. The van der Waals surface area contributed by atoms with Crippen LogP contribution in [0.4, 0.5) is 0 Å². The number of hydrogen-bond acceptors (Lipinski definition) is 3. The number of hydrogen-bond donors (Lipinski definition) is 2. The Morgan fingerprint density at radius 2 is 2.29 bits per heavy atom. The molecule has 5 heteroatoms. The predicted molar refractivity (Wildman–Crippen MR) is 68.3 cm³/mol. The van der Waals surface area contributed by atoms with Crippen molar-refractivity contribution in [3.05, 3.63) is 39.3 Å². The molecule has 0 bridgehead atoms. The third-order valence-electron chi connectivity index (χ3n) is 2.65. The van der Waals surface area contributed by atoms with Gasteiger partial charge in [0.1, 0.15) is 0 Å². The second-order valence-electron chi connectivity index (χ2n) is 4.05. The van der Waals surface area contributed by atoms with E-state index in [1.807, 2.05) is 6.92 Å². The second kappa shape index (κ2) is 4.71. The van der Waals surface area contributed by atoms with Gasteiger partial charge >= 0.3 is 0 Å². The lowest BCUT2D eigenvalue weighted by Crippen LogP contribution is -2.26. The van der Waals surface area contributed by atoms with E-state index in [2.05, 4.69) is 35.4 Å². The molecule has 4 nitrogen and oxygen atoms in total. The lowest BCUT2D eigenvalue weighted by molar-refractivity contribution is 0.0940. The minimum atomic E-state index is -0.102. The number of aromatic amines is 1. The van der Waals surface area contributed by atoms with Gasteiger partial charge in [-0.25, -0.2) is 0 Å². The molecule has 90 valence electrons. The zero-order valence-electron chi connectivity index (χ0n) is 10.1. The van der Waals surface area contributed by atoms with Crippen LogP contribution < -0.4 is 5.32 Å². The maximum absolute atomic E-state index is 11.8. The van der Waals surface area contributed by atoms with Gasteiger partial charge in [0.25, 0.3) is 5.91 Å².